The Kier molecular flexibility index (Phi) is 6.38. The second kappa shape index (κ2) is 8.30. The number of aliphatic hydroxyl groups excluding tert-OH is 1. The second-order valence-electron chi connectivity index (χ2n) is 5.34. The van der Waals surface area contributed by atoms with Gasteiger partial charge in [-0.05, 0) is 28.8 Å². The Bertz CT molecular complexity index is 835. The number of primary sulfonamides is 1. The molecule has 0 heterocycles. The van der Waals surface area contributed by atoms with E-state index in [1.807, 2.05) is 0 Å². The van der Waals surface area contributed by atoms with Gasteiger partial charge in [0.2, 0.25) is 10.0 Å². The van der Waals surface area contributed by atoms with Gasteiger partial charge in [0.25, 0.3) is 0 Å². The molecule has 2 rings (SSSR count). The SMILES string of the molecule is COCOc1cccc(OC)c1-c1ccc(CS(N)(=O)=O)cc1CO. The van der Waals surface area contributed by atoms with Gasteiger partial charge in [0.1, 0.15) is 11.5 Å². The second-order valence-corrected chi connectivity index (χ2v) is 6.96. The fraction of sp³-hybridized carbons (Fsp3) is 0.294. The molecule has 8 heteroatoms. The molecule has 0 atom stereocenters. The van der Waals surface area contributed by atoms with Crippen molar-refractivity contribution in [3.05, 3.63) is 47.5 Å². The number of benzene rings is 2. The normalized spacial score (nSPS) is 11.4. The van der Waals surface area contributed by atoms with Crippen LogP contribution in [0.15, 0.2) is 36.4 Å². The zero-order valence-electron chi connectivity index (χ0n) is 14.1. The maximum Gasteiger partial charge on any atom is 0.213 e. The fourth-order valence-corrected chi connectivity index (χ4v) is 3.18. The lowest BCUT2D eigenvalue weighted by Crippen LogP contribution is -2.14. The van der Waals surface area contributed by atoms with Crippen molar-refractivity contribution in [2.45, 2.75) is 12.4 Å². The zero-order valence-corrected chi connectivity index (χ0v) is 14.9. The first-order valence-corrected chi connectivity index (χ1v) is 9.13. The van der Waals surface area contributed by atoms with Crippen molar-refractivity contribution in [3.8, 4) is 22.6 Å². The summed E-state index contributed by atoms with van der Waals surface area (Å²) in [6.07, 6.45) is 0. The van der Waals surface area contributed by atoms with Gasteiger partial charge in [-0.25, -0.2) is 13.6 Å². The van der Waals surface area contributed by atoms with E-state index in [0.717, 1.165) is 0 Å². The van der Waals surface area contributed by atoms with Crippen LogP contribution in [0.1, 0.15) is 11.1 Å². The molecule has 0 aliphatic heterocycles. The van der Waals surface area contributed by atoms with E-state index in [0.29, 0.717) is 33.8 Å². The van der Waals surface area contributed by atoms with E-state index in [-0.39, 0.29) is 19.2 Å². The number of hydrogen-bond acceptors (Lipinski definition) is 6. The van der Waals surface area contributed by atoms with Crippen LogP contribution >= 0.6 is 0 Å². The van der Waals surface area contributed by atoms with Gasteiger partial charge in [0, 0.05) is 7.11 Å². The van der Waals surface area contributed by atoms with E-state index in [1.165, 1.54) is 14.2 Å². The number of sulfonamides is 1. The first-order chi connectivity index (χ1) is 11.9. The summed E-state index contributed by atoms with van der Waals surface area (Å²) in [7, 11) is -0.611. The monoisotopic (exact) mass is 367 g/mol. The minimum Gasteiger partial charge on any atom is -0.496 e. The van der Waals surface area contributed by atoms with Crippen LogP contribution in [0.5, 0.6) is 11.5 Å². The summed E-state index contributed by atoms with van der Waals surface area (Å²) < 4.78 is 38.5. The van der Waals surface area contributed by atoms with Gasteiger partial charge in [0.05, 0.1) is 25.0 Å². The number of rotatable bonds is 8. The van der Waals surface area contributed by atoms with Gasteiger partial charge in [0.15, 0.2) is 6.79 Å². The van der Waals surface area contributed by atoms with E-state index in [9.17, 15) is 13.5 Å². The fourth-order valence-electron chi connectivity index (χ4n) is 2.53. The lowest BCUT2D eigenvalue weighted by Gasteiger charge is -2.17. The molecule has 0 aliphatic rings. The largest absolute Gasteiger partial charge is 0.496 e. The Hall–Kier alpha value is -2.13. The predicted octanol–water partition coefficient (Wildman–Crippen LogP) is 1.63. The van der Waals surface area contributed by atoms with Crippen LogP contribution in [-0.4, -0.2) is 34.5 Å². The van der Waals surface area contributed by atoms with E-state index in [2.05, 4.69) is 0 Å². The predicted molar refractivity (Wildman–Crippen MR) is 93.7 cm³/mol. The molecule has 0 bridgehead atoms. The Morgan fingerprint density at radius 2 is 1.84 bits per heavy atom. The first kappa shape index (κ1) is 19.2. The van der Waals surface area contributed by atoms with E-state index in [4.69, 9.17) is 19.3 Å². The van der Waals surface area contributed by atoms with E-state index < -0.39 is 10.0 Å². The Morgan fingerprint density at radius 1 is 1.12 bits per heavy atom. The molecule has 0 saturated carbocycles. The summed E-state index contributed by atoms with van der Waals surface area (Å²) in [5, 5.41) is 14.8. The Labute approximate surface area is 147 Å². The van der Waals surface area contributed by atoms with E-state index in [1.54, 1.807) is 36.4 Å². The molecule has 0 radical (unpaired) electrons. The summed E-state index contributed by atoms with van der Waals surface area (Å²) in [6, 6.07) is 10.3. The molecule has 136 valence electrons. The van der Waals surface area contributed by atoms with Crippen LogP contribution in [0, 0.1) is 0 Å². The number of hydrogen-bond donors (Lipinski definition) is 2. The summed E-state index contributed by atoms with van der Waals surface area (Å²) >= 11 is 0. The van der Waals surface area contributed by atoms with Gasteiger partial charge in [-0.3, -0.25) is 0 Å². The van der Waals surface area contributed by atoms with Crippen LogP contribution in [-0.2, 0) is 27.1 Å². The molecule has 25 heavy (non-hydrogen) atoms. The van der Waals surface area contributed by atoms with Crippen molar-refractivity contribution < 1.29 is 27.7 Å². The quantitative estimate of drug-likeness (QED) is 0.687. The smallest absolute Gasteiger partial charge is 0.213 e. The van der Waals surface area contributed by atoms with Crippen LogP contribution in [0.25, 0.3) is 11.1 Å². The average Bonchev–Trinajstić information content (AvgIpc) is 2.58. The maximum absolute atomic E-state index is 11.3. The maximum atomic E-state index is 11.3. The molecular formula is C17H21NO6S. The summed E-state index contributed by atoms with van der Waals surface area (Å²) in [6.45, 7) is -0.228. The molecule has 2 aromatic carbocycles. The average molecular weight is 367 g/mol. The van der Waals surface area contributed by atoms with Crippen LogP contribution in [0.3, 0.4) is 0 Å². The van der Waals surface area contributed by atoms with Crippen molar-refractivity contribution in [1.82, 2.24) is 0 Å². The Morgan fingerprint density at radius 3 is 2.44 bits per heavy atom. The van der Waals surface area contributed by atoms with Crippen molar-refractivity contribution >= 4 is 10.0 Å². The third-order valence-electron chi connectivity index (χ3n) is 3.52. The van der Waals surface area contributed by atoms with E-state index >= 15 is 0 Å². The molecule has 0 saturated heterocycles. The molecule has 0 unspecified atom stereocenters. The highest BCUT2D eigenvalue weighted by atomic mass is 32.2. The number of aliphatic hydroxyl groups is 1. The summed E-state index contributed by atoms with van der Waals surface area (Å²) in [5.41, 5.74) is 2.34. The standard InChI is InChI=1S/C17H21NO6S/c1-22-11-24-16-5-3-4-15(23-2)17(16)14-7-6-12(8-13(14)9-19)10-25(18,20)21/h3-8,19H,9-11H2,1-2H3,(H2,18,20,21). The molecule has 3 N–H and O–H groups in total. The number of nitrogens with two attached hydrogens (primary N) is 1. The van der Waals surface area contributed by atoms with Crippen molar-refractivity contribution in [2.75, 3.05) is 21.0 Å². The molecule has 7 nitrogen and oxygen atoms in total. The molecule has 0 aromatic heterocycles. The minimum atomic E-state index is -3.66. The molecule has 0 spiro atoms. The highest BCUT2D eigenvalue weighted by Crippen LogP contribution is 2.40. The third-order valence-corrected chi connectivity index (χ3v) is 4.25. The van der Waals surface area contributed by atoms with Crippen molar-refractivity contribution in [2.24, 2.45) is 5.14 Å². The van der Waals surface area contributed by atoms with Crippen LogP contribution in [0.2, 0.25) is 0 Å². The van der Waals surface area contributed by atoms with Crippen molar-refractivity contribution in [3.63, 3.8) is 0 Å². The minimum absolute atomic E-state index is 0.0537. The lowest BCUT2D eigenvalue weighted by atomic mass is 9.96. The lowest BCUT2D eigenvalue weighted by molar-refractivity contribution is 0.0514. The highest BCUT2D eigenvalue weighted by molar-refractivity contribution is 7.88. The van der Waals surface area contributed by atoms with Gasteiger partial charge in [-0.1, -0.05) is 24.3 Å². The molecule has 0 amide bonds. The number of ether oxygens (including phenoxy) is 3. The summed E-state index contributed by atoms with van der Waals surface area (Å²) in [4.78, 5) is 0. The molecule has 0 aliphatic carbocycles. The summed E-state index contributed by atoms with van der Waals surface area (Å²) in [5.74, 6) is 0.775. The third kappa shape index (κ3) is 4.93. The van der Waals surface area contributed by atoms with Gasteiger partial charge >= 0.3 is 0 Å². The molecular weight excluding hydrogens is 346 g/mol. The van der Waals surface area contributed by atoms with Crippen LogP contribution < -0.4 is 14.6 Å². The van der Waals surface area contributed by atoms with Crippen molar-refractivity contribution in [1.29, 1.82) is 0 Å². The highest BCUT2D eigenvalue weighted by Gasteiger charge is 2.17. The zero-order chi connectivity index (χ0) is 18.4. The van der Waals surface area contributed by atoms with Crippen LogP contribution in [0.4, 0.5) is 0 Å². The molecule has 2 aromatic rings. The van der Waals surface area contributed by atoms with Gasteiger partial charge < -0.3 is 19.3 Å². The number of methoxy groups -OCH3 is 2. The molecule has 0 fully saturated rings. The Balaban J connectivity index is 2.57. The first-order valence-electron chi connectivity index (χ1n) is 7.42. The van der Waals surface area contributed by atoms with Gasteiger partial charge in [-0.15, -0.1) is 0 Å². The topological polar surface area (TPSA) is 108 Å². The van der Waals surface area contributed by atoms with Gasteiger partial charge in [-0.2, -0.15) is 0 Å².